The molecule has 0 aromatic rings. The van der Waals surface area contributed by atoms with E-state index in [1.54, 1.807) is 0 Å². The molecule has 0 saturated carbocycles. The lowest BCUT2D eigenvalue weighted by atomic mass is 9.88. The summed E-state index contributed by atoms with van der Waals surface area (Å²) in [5.41, 5.74) is -0.168. The van der Waals surface area contributed by atoms with Crippen molar-refractivity contribution in [2.45, 2.75) is 52.0 Å². The van der Waals surface area contributed by atoms with Crippen molar-refractivity contribution in [3.8, 4) is 6.07 Å². The zero-order valence-corrected chi connectivity index (χ0v) is 11.9. The van der Waals surface area contributed by atoms with E-state index in [1.165, 1.54) is 45.3 Å². The van der Waals surface area contributed by atoms with Crippen LogP contribution < -0.4 is 5.32 Å². The van der Waals surface area contributed by atoms with E-state index in [2.05, 4.69) is 16.3 Å². The number of nitrogens with one attached hydrogen (secondary N) is 1. The maximum Gasteiger partial charge on any atom is 0.0684 e. The van der Waals surface area contributed by atoms with Crippen LogP contribution >= 0.6 is 0 Å². The van der Waals surface area contributed by atoms with Gasteiger partial charge in [-0.05, 0) is 71.5 Å². The van der Waals surface area contributed by atoms with Gasteiger partial charge in [-0.1, -0.05) is 0 Å². The van der Waals surface area contributed by atoms with E-state index >= 15 is 0 Å². The first kappa shape index (κ1) is 13.8. The van der Waals surface area contributed by atoms with Gasteiger partial charge in [0.05, 0.1) is 11.5 Å². The molecule has 0 spiro atoms. The summed E-state index contributed by atoms with van der Waals surface area (Å²) in [7, 11) is 0. The van der Waals surface area contributed by atoms with Gasteiger partial charge in [-0.3, -0.25) is 0 Å². The Bertz CT molecular complexity index is 299. The molecule has 0 bridgehead atoms. The molecule has 3 nitrogen and oxygen atoms in total. The van der Waals surface area contributed by atoms with Crippen LogP contribution in [0.2, 0.25) is 0 Å². The Morgan fingerprint density at radius 3 is 2.83 bits per heavy atom. The summed E-state index contributed by atoms with van der Waals surface area (Å²) < 4.78 is 0. The zero-order chi connectivity index (χ0) is 13.0. The molecule has 1 N–H and O–H groups in total. The SMILES string of the molecule is CC(C)(C#N)CCN1CCCC(C2CCCN2)C1. The Morgan fingerprint density at radius 2 is 2.17 bits per heavy atom. The molecular weight excluding hydrogens is 222 g/mol. The molecule has 0 aliphatic carbocycles. The molecule has 2 saturated heterocycles. The first-order chi connectivity index (χ1) is 8.61. The van der Waals surface area contributed by atoms with Crippen LogP contribution in [0.5, 0.6) is 0 Å². The lowest BCUT2D eigenvalue weighted by molar-refractivity contribution is 0.141. The number of nitrogens with zero attached hydrogens (tertiary/aromatic N) is 2. The monoisotopic (exact) mass is 249 g/mol. The molecule has 2 heterocycles. The minimum absolute atomic E-state index is 0.168. The van der Waals surface area contributed by atoms with Gasteiger partial charge in [0.15, 0.2) is 0 Å². The molecule has 0 radical (unpaired) electrons. The molecule has 2 atom stereocenters. The van der Waals surface area contributed by atoms with Gasteiger partial charge >= 0.3 is 0 Å². The molecule has 2 unspecified atom stereocenters. The summed E-state index contributed by atoms with van der Waals surface area (Å²) in [6.45, 7) is 8.86. The van der Waals surface area contributed by atoms with E-state index in [4.69, 9.17) is 5.26 Å². The van der Waals surface area contributed by atoms with E-state index in [9.17, 15) is 0 Å². The predicted octanol–water partition coefficient (Wildman–Crippen LogP) is 2.39. The van der Waals surface area contributed by atoms with E-state index in [-0.39, 0.29) is 5.41 Å². The van der Waals surface area contributed by atoms with Crippen LogP contribution in [0.1, 0.15) is 46.0 Å². The van der Waals surface area contributed by atoms with Gasteiger partial charge < -0.3 is 10.2 Å². The van der Waals surface area contributed by atoms with Gasteiger partial charge in [-0.15, -0.1) is 0 Å². The van der Waals surface area contributed by atoms with Gasteiger partial charge in [-0.2, -0.15) is 5.26 Å². The van der Waals surface area contributed by atoms with Crippen LogP contribution in [0.15, 0.2) is 0 Å². The highest BCUT2D eigenvalue weighted by Gasteiger charge is 2.29. The molecule has 18 heavy (non-hydrogen) atoms. The van der Waals surface area contributed by atoms with Gasteiger partial charge in [0.1, 0.15) is 0 Å². The van der Waals surface area contributed by atoms with Crippen LogP contribution in [0.25, 0.3) is 0 Å². The maximum atomic E-state index is 9.07. The third kappa shape index (κ3) is 3.70. The Balaban J connectivity index is 1.78. The molecule has 2 aliphatic heterocycles. The van der Waals surface area contributed by atoms with Gasteiger partial charge in [0.2, 0.25) is 0 Å². The van der Waals surface area contributed by atoms with Crippen molar-refractivity contribution in [3.05, 3.63) is 0 Å². The Morgan fingerprint density at radius 1 is 1.33 bits per heavy atom. The van der Waals surface area contributed by atoms with Crippen molar-refractivity contribution in [1.82, 2.24) is 10.2 Å². The standard InChI is InChI=1S/C15H27N3/c1-15(2,12-16)7-10-18-9-4-5-13(11-18)14-6-3-8-17-14/h13-14,17H,3-11H2,1-2H3. The molecule has 102 valence electrons. The quantitative estimate of drug-likeness (QED) is 0.831. The van der Waals surface area contributed by atoms with Crippen molar-refractivity contribution in [2.75, 3.05) is 26.2 Å². The molecule has 0 aromatic carbocycles. The van der Waals surface area contributed by atoms with Crippen molar-refractivity contribution < 1.29 is 0 Å². The second-order valence-electron chi connectivity index (χ2n) is 6.65. The normalized spacial score (nSPS) is 30.3. The summed E-state index contributed by atoms with van der Waals surface area (Å²) in [5, 5.41) is 12.7. The fraction of sp³-hybridized carbons (Fsp3) is 0.933. The smallest absolute Gasteiger partial charge is 0.0684 e. The van der Waals surface area contributed by atoms with Crippen molar-refractivity contribution in [2.24, 2.45) is 11.3 Å². The van der Waals surface area contributed by atoms with Crippen molar-refractivity contribution in [1.29, 1.82) is 5.26 Å². The van der Waals surface area contributed by atoms with E-state index < -0.39 is 0 Å². The van der Waals surface area contributed by atoms with Gasteiger partial charge in [0, 0.05) is 12.6 Å². The summed E-state index contributed by atoms with van der Waals surface area (Å²) >= 11 is 0. The first-order valence-corrected chi connectivity index (χ1v) is 7.48. The fourth-order valence-corrected chi connectivity index (χ4v) is 3.23. The first-order valence-electron chi connectivity index (χ1n) is 7.48. The van der Waals surface area contributed by atoms with Crippen LogP contribution in [0.4, 0.5) is 0 Å². The third-order valence-corrected chi connectivity index (χ3v) is 4.57. The second-order valence-corrected chi connectivity index (χ2v) is 6.65. The van der Waals surface area contributed by atoms with Crippen LogP contribution in [0.3, 0.4) is 0 Å². The molecule has 2 fully saturated rings. The topological polar surface area (TPSA) is 39.1 Å². The van der Waals surface area contributed by atoms with Crippen molar-refractivity contribution >= 4 is 0 Å². The maximum absolute atomic E-state index is 9.07. The molecule has 2 rings (SSSR count). The van der Waals surface area contributed by atoms with Crippen LogP contribution in [-0.4, -0.2) is 37.1 Å². The lowest BCUT2D eigenvalue weighted by Gasteiger charge is -2.36. The lowest BCUT2D eigenvalue weighted by Crippen LogP contribution is -2.44. The van der Waals surface area contributed by atoms with Crippen molar-refractivity contribution in [3.63, 3.8) is 0 Å². The summed E-state index contributed by atoms with van der Waals surface area (Å²) in [6, 6.07) is 3.17. The van der Waals surface area contributed by atoms with Crippen LogP contribution in [-0.2, 0) is 0 Å². The minimum Gasteiger partial charge on any atom is -0.314 e. The molecular formula is C15H27N3. The largest absolute Gasteiger partial charge is 0.314 e. The second kappa shape index (κ2) is 6.04. The molecule has 2 aliphatic rings. The number of nitriles is 1. The number of piperidine rings is 1. The summed E-state index contributed by atoms with van der Waals surface area (Å²) in [4.78, 5) is 2.58. The van der Waals surface area contributed by atoms with E-state index in [0.717, 1.165) is 24.9 Å². The highest BCUT2D eigenvalue weighted by atomic mass is 15.1. The molecule has 0 amide bonds. The molecule has 3 heteroatoms. The Labute approximate surface area is 112 Å². The Kier molecular flexibility index (Phi) is 4.64. The highest BCUT2D eigenvalue weighted by Crippen LogP contribution is 2.26. The average molecular weight is 249 g/mol. The number of likely N-dealkylation sites (tertiary alicyclic amines) is 1. The van der Waals surface area contributed by atoms with Gasteiger partial charge in [0.25, 0.3) is 0 Å². The summed E-state index contributed by atoms with van der Waals surface area (Å²) in [6.07, 6.45) is 6.42. The predicted molar refractivity (Wildman–Crippen MR) is 74.2 cm³/mol. The van der Waals surface area contributed by atoms with E-state index in [1.807, 2.05) is 13.8 Å². The third-order valence-electron chi connectivity index (χ3n) is 4.57. The fourth-order valence-electron chi connectivity index (χ4n) is 3.23. The van der Waals surface area contributed by atoms with Crippen LogP contribution in [0, 0.1) is 22.7 Å². The summed E-state index contributed by atoms with van der Waals surface area (Å²) in [5.74, 6) is 0.839. The average Bonchev–Trinajstić information content (AvgIpc) is 2.91. The zero-order valence-electron chi connectivity index (χ0n) is 11.9. The Hall–Kier alpha value is -0.590. The highest BCUT2D eigenvalue weighted by molar-refractivity contribution is 4.93. The molecule has 0 aromatic heterocycles. The number of hydrogen-bond donors (Lipinski definition) is 1. The minimum atomic E-state index is -0.168. The van der Waals surface area contributed by atoms with Gasteiger partial charge in [-0.25, -0.2) is 0 Å². The van der Waals surface area contributed by atoms with E-state index in [0.29, 0.717) is 0 Å². The number of hydrogen-bond acceptors (Lipinski definition) is 3. The number of rotatable bonds is 4.